The number of esters is 1. The van der Waals surface area contributed by atoms with E-state index in [1.54, 1.807) is 11.8 Å². The lowest BCUT2D eigenvalue weighted by molar-refractivity contribution is -0.141. The van der Waals surface area contributed by atoms with Gasteiger partial charge in [-0.3, -0.25) is 4.79 Å². The molecular weight excluding hydrogens is 280 g/mol. The summed E-state index contributed by atoms with van der Waals surface area (Å²) in [5.41, 5.74) is 1.20. The zero-order valence-corrected chi connectivity index (χ0v) is 12.6. The minimum atomic E-state index is -0.0440. The van der Waals surface area contributed by atoms with Gasteiger partial charge in [0.05, 0.1) is 12.5 Å². The van der Waals surface area contributed by atoms with Gasteiger partial charge in [-0.15, -0.1) is 11.8 Å². The average molecular weight is 298 g/mol. The Labute approximate surface area is 129 Å². The molecule has 1 saturated heterocycles. The van der Waals surface area contributed by atoms with Gasteiger partial charge in [0, 0.05) is 16.6 Å². The number of cyclic esters (lactones) is 1. The fourth-order valence-electron chi connectivity index (χ4n) is 2.61. The second kappa shape index (κ2) is 6.81. The highest BCUT2D eigenvalue weighted by atomic mass is 32.2. The lowest BCUT2D eigenvalue weighted by Crippen LogP contribution is -2.20. The van der Waals surface area contributed by atoms with Crippen molar-refractivity contribution in [3.05, 3.63) is 66.2 Å². The van der Waals surface area contributed by atoms with Gasteiger partial charge in [0.2, 0.25) is 0 Å². The topological polar surface area (TPSA) is 26.3 Å². The summed E-state index contributed by atoms with van der Waals surface area (Å²) < 4.78 is 5.29. The van der Waals surface area contributed by atoms with Crippen LogP contribution in [-0.4, -0.2) is 18.3 Å². The number of benzene rings is 2. The molecule has 0 saturated carbocycles. The number of ether oxygens (including phenoxy) is 1. The summed E-state index contributed by atoms with van der Waals surface area (Å²) in [5.74, 6) is 1.16. The fourth-order valence-corrected chi connectivity index (χ4v) is 3.69. The Bertz CT molecular complexity index is 583. The maximum Gasteiger partial charge on any atom is 0.309 e. The molecule has 0 bridgehead atoms. The Morgan fingerprint density at radius 3 is 2.38 bits per heavy atom. The predicted molar refractivity (Wildman–Crippen MR) is 85.3 cm³/mol. The molecule has 2 nitrogen and oxygen atoms in total. The number of thioether (sulfide) groups is 1. The van der Waals surface area contributed by atoms with Crippen LogP contribution in [0.1, 0.15) is 5.56 Å². The summed E-state index contributed by atoms with van der Waals surface area (Å²) in [5, 5.41) is 0. The van der Waals surface area contributed by atoms with Crippen molar-refractivity contribution in [2.24, 2.45) is 11.8 Å². The largest absolute Gasteiger partial charge is 0.465 e. The highest BCUT2D eigenvalue weighted by molar-refractivity contribution is 7.99. The molecule has 1 fully saturated rings. The zero-order chi connectivity index (χ0) is 14.5. The second-order valence-corrected chi connectivity index (χ2v) is 6.40. The maximum atomic E-state index is 12.0. The van der Waals surface area contributed by atoms with Crippen molar-refractivity contribution in [3.8, 4) is 0 Å². The van der Waals surface area contributed by atoms with Gasteiger partial charge in [-0.2, -0.15) is 0 Å². The molecule has 3 rings (SSSR count). The normalized spacial score (nSPS) is 21.2. The van der Waals surface area contributed by atoms with Crippen LogP contribution in [0.3, 0.4) is 0 Å². The van der Waals surface area contributed by atoms with Gasteiger partial charge in [0.15, 0.2) is 0 Å². The first-order chi connectivity index (χ1) is 10.3. The van der Waals surface area contributed by atoms with E-state index in [1.165, 1.54) is 10.5 Å². The molecule has 21 heavy (non-hydrogen) atoms. The van der Waals surface area contributed by atoms with E-state index in [0.29, 0.717) is 12.5 Å². The molecule has 2 atom stereocenters. The van der Waals surface area contributed by atoms with E-state index in [2.05, 4.69) is 24.3 Å². The lowest BCUT2D eigenvalue weighted by atomic mass is 9.90. The van der Waals surface area contributed by atoms with Crippen LogP contribution in [-0.2, 0) is 16.0 Å². The van der Waals surface area contributed by atoms with Gasteiger partial charge < -0.3 is 4.74 Å². The highest BCUT2D eigenvalue weighted by Crippen LogP contribution is 2.31. The first-order valence-electron chi connectivity index (χ1n) is 7.21. The quantitative estimate of drug-likeness (QED) is 0.620. The van der Waals surface area contributed by atoms with Crippen LogP contribution in [0.25, 0.3) is 0 Å². The third kappa shape index (κ3) is 3.67. The minimum absolute atomic E-state index is 0.0105. The maximum absolute atomic E-state index is 12.0. The molecule has 0 aliphatic carbocycles. The standard InChI is InChI=1S/C18H18O2S/c19-18-17(11-14-7-3-1-4-8-14)15(12-20-18)13-21-16-9-5-2-6-10-16/h1-10,15,17H,11-13H2/t15-,17+/m1/s1. The van der Waals surface area contributed by atoms with Crippen molar-refractivity contribution in [1.82, 2.24) is 0 Å². The van der Waals surface area contributed by atoms with Crippen LogP contribution in [0.5, 0.6) is 0 Å². The van der Waals surface area contributed by atoms with E-state index in [4.69, 9.17) is 4.74 Å². The number of rotatable bonds is 5. The van der Waals surface area contributed by atoms with Gasteiger partial charge >= 0.3 is 5.97 Å². The van der Waals surface area contributed by atoms with E-state index >= 15 is 0 Å². The molecule has 108 valence electrons. The highest BCUT2D eigenvalue weighted by Gasteiger charge is 2.36. The second-order valence-electron chi connectivity index (χ2n) is 5.31. The smallest absolute Gasteiger partial charge is 0.309 e. The number of hydrogen-bond acceptors (Lipinski definition) is 3. The van der Waals surface area contributed by atoms with Crippen molar-refractivity contribution in [2.75, 3.05) is 12.4 Å². The molecule has 0 aromatic heterocycles. The fraction of sp³-hybridized carbons (Fsp3) is 0.278. The molecule has 0 spiro atoms. The first kappa shape index (κ1) is 14.2. The Morgan fingerprint density at radius 1 is 1.00 bits per heavy atom. The van der Waals surface area contributed by atoms with Gasteiger partial charge in [-0.05, 0) is 24.1 Å². The minimum Gasteiger partial charge on any atom is -0.465 e. The van der Waals surface area contributed by atoms with Gasteiger partial charge in [-0.25, -0.2) is 0 Å². The van der Waals surface area contributed by atoms with Crippen LogP contribution >= 0.6 is 11.8 Å². The van der Waals surface area contributed by atoms with Gasteiger partial charge in [0.25, 0.3) is 0 Å². The monoisotopic (exact) mass is 298 g/mol. The van der Waals surface area contributed by atoms with E-state index in [0.717, 1.165) is 12.2 Å². The van der Waals surface area contributed by atoms with E-state index in [9.17, 15) is 4.79 Å². The molecule has 2 aromatic rings. The molecule has 0 N–H and O–H groups in total. The molecule has 1 heterocycles. The molecule has 2 aromatic carbocycles. The van der Waals surface area contributed by atoms with Crippen LogP contribution in [0.15, 0.2) is 65.6 Å². The molecule has 3 heteroatoms. The van der Waals surface area contributed by atoms with E-state index in [1.807, 2.05) is 36.4 Å². The summed E-state index contributed by atoms with van der Waals surface area (Å²) >= 11 is 1.80. The molecule has 1 aliphatic rings. The van der Waals surface area contributed by atoms with E-state index in [-0.39, 0.29) is 11.9 Å². The summed E-state index contributed by atoms with van der Waals surface area (Å²) in [7, 11) is 0. The third-order valence-corrected chi connectivity index (χ3v) is 5.02. The average Bonchev–Trinajstić information content (AvgIpc) is 2.88. The SMILES string of the molecule is O=C1OC[C@H](CSc2ccccc2)[C@@H]1Cc1ccccc1. The van der Waals surface area contributed by atoms with Gasteiger partial charge in [0.1, 0.15) is 0 Å². The number of hydrogen-bond donors (Lipinski definition) is 0. The van der Waals surface area contributed by atoms with Crippen LogP contribution in [0.4, 0.5) is 0 Å². The first-order valence-corrected chi connectivity index (χ1v) is 8.20. The summed E-state index contributed by atoms with van der Waals surface area (Å²) in [6, 6.07) is 20.5. The molecule has 0 amide bonds. The number of carbonyl (C=O) groups excluding carboxylic acids is 1. The summed E-state index contributed by atoms with van der Waals surface area (Å²) in [6.45, 7) is 0.552. The lowest BCUT2D eigenvalue weighted by Gasteiger charge is -2.14. The Kier molecular flexibility index (Phi) is 4.61. The summed E-state index contributed by atoms with van der Waals surface area (Å²) in [4.78, 5) is 13.2. The van der Waals surface area contributed by atoms with Crippen molar-refractivity contribution >= 4 is 17.7 Å². The molecular formula is C18H18O2S. The van der Waals surface area contributed by atoms with Crippen LogP contribution in [0.2, 0.25) is 0 Å². The summed E-state index contributed by atoms with van der Waals surface area (Å²) in [6.07, 6.45) is 0.777. The third-order valence-electron chi connectivity index (χ3n) is 3.82. The molecule has 0 radical (unpaired) electrons. The van der Waals surface area contributed by atoms with Crippen molar-refractivity contribution in [3.63, 3.8) is 0 Å². The van der Waals surface area contributed by atoms with Crippen LogP contribution < -0.4 is 0 Å². The van der Waals surface area contributed by atoms with Crippen molar-refractivity contribution < 1.29 is 9.53 Å². The van der Waals surface area contributed by atoms with E-state index < -0.39 is 0 Å². The Morgan fingerprint density at radius 2 is 1.67 bits per heavy atom. The molecule has 0 unspecified atom stereocenters. The number of carbonyl (C=O) groups is 1. The molecule has 1 aliphatic heterocycles. The predicted octanol–water partition coefficient (Wildman–Crippen LogP) is 3.81. The van der Waals surface area contributed by atoms with Gasteiger partial charge in [-0.1, -0.05) is 48.5 Å². The van der Waals surface area contributed by atoms with Crippen molar-refractivity contribution in [1.29, 1.82) is 0 Å². The van der Waals surface area contributed by atoms with Crippen molar-refractivity contribution in [2.45, 2.75) is 11.3 Å². The zero-order valence-electron chi connectivity index (χ0n) is 11.8. The van der Waals surface area contributed by atoms with Crippen LogP contribution in [0, 0.1) is 11.8 Å². The Hall–Kier alpha value is -1.74. The Balaban J connectivity index is 1.62.